The van der Waals surface area contributed by atoms with Gasteiger partial charge in [0, 0.05) is 25.5 Å². The summed E-state index contributed by atoms with van der Waals surface area (Å²) in [5, 5.41) is 9.52. The van der Waals surface area contributed by atoms with E-state index in [0.29, 0.717) is 10.9 Å². The van der Waals surface area contributed by atoms with Gasteiger partial charge in [0.05, 0.1) is 5.52 Å². The molecular weight excluding hydrogens is 342 g/mol. The van der Waals surface area contributed by atoms with Crippen LogP contribution in [0.15, 0.2) is 39.9 Å². The maximum atomic E-state index is 12.1. The molecule has 0 radical (unpaired) electrons. The summed E-state index contributed by atoms with van der Waals surface area (Å²) in [6.07, 6.45) is 0. The number of aromatic nitrogens is 4. The van der Waals surface area contributed by atoms with Crippen molar-refractivity contribution < 1.29 is 14.3 Å². The van der Waals surface area contributed by atoms with E-state index >= 15 is 0 Å². The topological polar surface area (TPSA) is 128 Å². The molecule has 2 aromatic heterocycles. The van der Waals surface area contributed by atoms with Crippen molar-refractivity contribution in [2.45, 2.75) is 0 Å². The summed E-state index contributed by atoms with van der Waals surface area (Å²) < 4.78 is 6.95. The van der Waals surface area contributed by atoms with Gasteiger partial charge < -0.3 is 10.1 Å². The van der Waals surface area contributed by atoms with Crippen molar-refractivity contribution in [2.24, 2.45) is 14.1 Å². The van der Waals surface area contributed by atoms with Gasteiger partial charge in [0.2, 0.25) is 0 Å². The highest BCUT2D eigenvalue weighted by Crippen LogP contribution is 2.15. The lowest BCUT2D eigenvalue weighted by molar-refractivity contribution is -0.119. The number of fused-ring (bicyclic) bond motifs is 1. The first-order valence-corrected chi connectivity index (χ1v) is 7.55. The Hall–Kier alpha value is -3.69. The molecule has 0 aliphatic carbocycles. The van der Waals surface area contributed by atoms with E-state index in [1.54, 1.807) is 24.3 Å². The summed E-state index contributed by atoms with van der Waals surface area (Å²) in [7, 11) is 2.73. The van der Waals surface area contributed by atoms with Crippen LogP contribution in [-0.2, 0) is 23.6 Å². The van der Waals surface area contributed by atoms with E-state index in [2.05, 4.69) is 15.5 Å². The molecule has 0 saturated heterocycles. The number of amides is 1. The lowest BCUT2D eigenvalue weighted by Gasteiger charge is -2.10. The van der Waals surface area contributed by atoms with Gasteiger partial charge in [0.1, 0.15) is 5.82 Å². The highest BCUT2D eigenvalue weighted by molar-refractivity contribution is 6.02. The zero-order valence-corrected chi connectivity index (χ0v) is 14.0. The molecule has 3 aromatic rings. The minimum atomic E-state index is -0.768. The number of carbonyl (C=O) groups excluding carboxylic acids is 2. The Morgan fingerprint density at radius 3 is 2.69 bits per heavy atom. The van der Waals surface area contributed by atoms with E-state index in [9.17, 15) is 19.2 Å². The van der Waals surface area contributed by atoms with Crippen LogP contribution in [-0.4, -0.2) is 37.8 Å². The van der Waals surface area contributed by atoms with Crippen molar-refractivity contribution in [3.63, 3.8) is 0 Å². The average molecular weight is 357 g/mol. The molecule has 26 heavy (non-hydrogen) atoms. The smallest absolute Gasteiger partial charge is 0.359 e. The maximum Gasteiger partial charge on any atom is 0.359 e. The molecule has 2 N–H and O–H groups in total. The summed E-state index contributed by atoms with van der Waals surface area (Å²) in [5.74, 6) is -1.46. The SMILES string of the molecule is Cn1c(NC(=O)COC(=O)c2n[nH]c3ccccc23)cc(=O)n(C)c1=O. The third-order valence-electron chi connectivity index (χ3n) is 3.79. The van der Waals surface area contributed by atoms with Gasteiger partial charge in [-0.05, 0) is 6.07 Å². The van der Waals surface area contributed by atoms with Gasteiger partial charge in [0.15, 0.2) is 12.3 Å². The van der Waals surface area contributed by atoms with E-state index < -0.39 is 29.7 Å². The quantitative estimate of drug-likeness (QED) is 0.620. The van der Waals surface area contributed by atoms with E-state index in [-0.39, 0.29) is 11.5 Å². The number of rotatable bonds is 4. The van der Waals surface area contributed by atoms with Crippen LogP contribution in [0.3, 0.4) is 0 Å². The predicted octanol–water partition coefficient (Wildman–Crippen LogP) is -0.244. The summed E-state index contributed by atoms with van der Waals surface area (Å²) in [4.78, 5) is 47.5. The summed E-state index contributed by atoms with van der Waals surface area (Å²) in [6, 6.07) is 8.09. The predicted molar refractivity (Wildman–Crippen MR) is 91.9 cm³/mol. The van der Waals surface area contributed by atoms with Gasteiger partial charge in [-0.1, -0.05) is 18.2 Å². The number of nitrogens with one attached hydrogen (secondary N) is 2. The number of anilines is 1. The van der Waals surface area contributed by atoms with Gasteiger partial charge in [-0.15, -0.1) is 0 Å². The molecular formula is C16H15N5O5. The van der Waals surface area contributed by atoms with Gasteiger partial charge in [0.25, 0.3) is 11.5 Å². The third-order valence-corrected chi connectivity index (χ3v) is 3.79. The van der Waals surface area contributed by atoms with E-state index in [1.165, 1.54) is 14.1 Å². The average Bonchev–Trinajstić information content (AvgIpc) is 3.06. The molecule has 3 rings (SSSR count). The lowest BCUT2D eigenvalue weighted by atomic mass is 10.2. The molecule has 10 heteroatoms. The van der Waals surface area contributed by atoms with Crippen molar-refractivity contribution >= 4 is 28.6 Å². The van der Waals surface area contributed by atoms with E-state index in [4.69, 9.17) is 4.74 Å². The summed E-state index contributed by atoms with van der Waals surface area (Å²) in [5.41, 5.74) is -0.426. The molecule has 0 unspecified atom stereocenters. The number of aromatic amines is 1. The maximum absolute atomic E-state index is 12.1. The Morgan fingerprint density at radius 2 is 1.92 bits per heavy atom. The number of ether oxygens (including phenoxy) is 1. The van der Waals surface area contributed by atoms with Crippen LogP contribution in [0.4, 0.5) is 5.82 Å². The van der Waals surface area contributed by atoms with E-state index in [0.717, 1.165) is 15.2 Å². The highest BCUT2D eigenvalue weighted by atomic mass is 16.5. The number of para-hydroxylation sites is 1. The molecule has 0 saturated carbocycles. The molecule has 0 atom stereocenters. The highest BCUT2D eigenvalue weighted by Gasteiger charge is 2.17. The first-order chi connectivity index (χ1) is 12.4. The van der Waals surface area contributed by atoms with Crippen molar-refractivity contribution in [2.75, 3.05) is 11.9 Å². The number of carbonyl (C=O) groups is 2. The number of hydrogen-bond donors (Lipinski definition) is 2. The Labute approximate surface area is 146 Å². The monoisotopic (exact) mass is 357 g/mol. The van der Waals surface area contributed by atoms with Crippen LogP contribution in [0.1, 0.15) is 10.5 Å². The van der Waals surface area contributed by atoms with Crippen molar-refractivity contribution in [1.82, 2.24) is 19.3 Å². The van der Waals surface area contributed by atoms with Crippen LogP contribution < -0.4 is 16.6 Å². The largest absolute Gasteiger partial charge is 0.451 e. The van der Waals surface area contributed by atoms with Gasteiger partial charge >= 0.3 is 11.7 Å². The standard InChI is InChI=1S/C16H15N5O5/c1-20-11(7-13(23)21(2)16(20)25)17-12(22)8-26-15(24)14-9-5-3-4-6-10(9)18-19-14/h3-7H,8H2,1-2H3,(H,17,22)(H,18,19). The molecule has 1 amide bonds. The molecule has 10 nitrogen and oxygen atoms in total. The minimum absolute atomic E-state index is 0.00404. The zero-order valence-electron chi connectivity index (χ0n) is 14.0. The molecule has 1 aromatic carbocycles. The first-order valence-electron chi connectivity index (χ1n) is 7.55. The molecule has 0 aliphatic rings. The number of esters is 1. The molecule has 0 fully saturated rings. The fourth-order valence-corrected chi connectivity index (χ4v) is 2.35. The van der Waals surface area contributed by atoms with Crippen molar-refractivity contribution in [3.8, 4) is 0 Å². The second-order valence-electron chi connectivity index (χ2n) is 5.51. The number of H-pyrrole nitrogens is 1. The molecule has 134 valence electrons. The lowest BCUT2D eigenvalue weighted by Crippen LogP contribution is -2.38. The first kappa shape index (κ1) is 17.1. The van der Waals surface area contributed by atoms with Crippen LogP contribution >= 0.6 is 0 Å². The van der Waals surface area contributed by atoms with Crippen LogP contribution in [0, 0.1) is 0 Å². The van der Waals surface area contributed by atoms with Gasteiger partial charge in [-0.2, -0.15) is 5.10 Å². The third kappa shape index (κ3) is 3.11. The Bertz CT molecular complexity index is 1120. The Morgan fingerprint density at radius 1 is 1.19 bits per heavy atom. The second-order valence-corrected chi connectivity index (χ2v) is 5.51. The number of hydrogen-bond acceptors (Lipinski definition) is 6. The second kappa shape index (κ2) is 6.67. The zero-order chi connectivity index (χ0) is 18.8. The Kier molecular flexibility index (Phi) is 4.40. The van der Waals surface area contributed by atoms with Gasteiger partial charge in [-0.3, -0.25) is 23.8 Å². The fourth-order valence-electron chi connectivity index (χ4n) is 2.35. The molecule has 0 aliphatic heterocycles. The van der Waals surface area contributed by atoms with Crippen molar-refractivity contribution in [1.29, 1.82) is 0 Å². The van der Waals surface area contributed by atoms with Crippen LogP contribution in [0.25, 0.3) is 10.9 Å². The normalized spacial score (nSPS) is 10.7. The molecule has 2 heterocycles. The number of nitrogens with zero attached hydrogens (tertiary/aromatic N) is 3. The summed E-state index contributed by atoms with van der Waals surface area (Å²) >= 11 is 0. The van der Waals surface area contributed by atoms with Crippen LogP contribution in [0.2, 0.25) is 0 Å². The molecule has 0 bridgehead atoms. The summed E-state index contributed by atoms with van der Waals surface area (Å²) in [6.45, 7) is -0.594. The van der Waals surface area contributed by atoms with Crippen molar-refractivity contribution in [3.05, 3.63) is 56.9 Å². The minimum Gasteiger partial charge on any atom is -0.451 e. The number of benzene rings is 1. The van der Waals surface area contributed by atoms with Crippen LogP contribution in [0.5, 0.6) is 0 Å². The fraction of sp³-hybridized carbons (Fsp3) is 0.188. The Balaban J connectivity index is 1.69. The van der Waals surface area contributed by atoms with E-state index in [1.807, 2.05) is 0 Å². The molecule has 0 spiro atoms. The van der Waals surface area contributed by atoms with Gasteiger partial charge in [-0.25, -0.2) is 9.59 Å².